The molecule has 5 heteroatoms. The first-order chi connectivity index (χ1) is 17.0. The topological polar surface area (TPSA) is 53.8 Å². The van der Waals surface area contributed by atoms with Gasteiger partial charge in [0, 0.05) is 41.5 Å². The van der Waals surface area contributed by atoms with Crippen molar-refractivity contribution in [3.63, 3.8) is 0 Å². The summed E-state index contributed by atoms with van der Waals surface area (Å²) in [4.78, 5) is 31.0. The zero-order valence-corrected chi connectivity index (χ0v) is 20.5. The van der Waals surface area contributed by atoms with Crippen LogP contribution in [0.25, 0.3) is 11.0 Å². The second-order valence-corrected chi connectivity index (χ2v) is 11.1. The van der Waals surface area contributed by atoms with Crippen molar-refractivity contribution < 1.29 is 14.0 Å². The SMILES string of the molecule is CC1(C(=O)N2C3CCC2CC(Cc2cccc4occc24)C3)CCN(C(=O)c2ccccc2)CC1. The Kier molecular flexibility index (Phi) is 5.66. The van der Waals surface area contributed by atoms with Gasteiger partial charge in [-0.2, -0.15) is 0 Å². The maximum absolute atomic E-state index is 13.9. The molecule has 0 spiro atoms. The Labute approximate surface area is 207 Å². The van der Waals surface area contributed by atoms with Gasteiger partial charge in [-0.3, -0.25) is 9.59 Å². The minimum atomic E-state index is -0.371. The van der Waals surface area contributed by atoms with Gasteiger partial charge in [-0.15, -0.1) is 0 Å². The number of nitrogens with zero attached hydrogens (tertiary/aromatic N) is 2. The van der Waals surface area contributed by atoms with Crippen LogP contribution >= 0.6 is 0 Å². The van der Waals surface area contributed by atoms with Gasteiger partial charge in [-0.1, -0.05) is 37.3 Å². The number of rotatable bonds is 4. The molecule has 2 unspecified atom stereocenters. The minimum Gasteiger partial charge on any atom is -0.464 e. The van der Waals surface area contributed by atoms with Gasteiger partial charge >= 0.3 is 0 Å². The Hall–Kier alpha value is -3.08. The number of piperidine rings is 2. The van der Waals surface area contributed by atoms with E-state index in [4.69, 9.17) is 4.42 Å². The summed E-state index contributed by atoms with van der Waals surface area (Å²) in [5.41, 5.74) is 2.68. The van der Waals surface area contributed by atoms with E-state index < -0.39 is 0 Å². The molecule has 35 heavy (non-hydrogen) atoms. The number of amides is 2. The summed E-state index contributed by atoms with van der Waals surface area (Å²) >= 11 is 0. The molecule has 2 atom stereocenters. The fourth-order valence-corrected chi connectivity index (χ4v) is 6.83. The van der Waals surface area contributed by atoms with Crippen LogP contribution in [0, 0.1) is 11.3 Å². The number of hydrogen-bond acceptors (Lipinski definition) is 3. The number of carbonyl (C=O) groups excluding carboxylic acids is 2. The largest absolute Gasteiger partial charge is 0.464 e. The Morgan fingerprint density at radius 2 is 1.66 bits per heavy atom. The Balaban J connectivity index is 1.10. The second kappa shape index (κ2) is 8.85. The van der Waals surface area contributed by atoms with E-state index in [1.807, 2.05) is 41.3 Å². The fourth-order valence-electron chi connectivity index (χ4n) is 6.83. The van der Waals surface area contributed by atoms with Crippen LogP contribution in [0.1, 0.15) is 61.4 Å². The lowest BCUT2D eigenvalue weighted by atomic mass is 9.77. The van der Waals surface area contributed by atoms with E-state index in [0.717, 1.165) is 56.1 Å². The third kappa shape index (κ3) is 4.05. The Morgan fingerprint density at radius 3 is 2.37 bits per heavy atom. The van der Waals surface area contributed by atoms with Crippen LogP contribution in [0.3, 0.4) is 0 Å². The van der Waals surface area contributed by atoms with Gasteiger partial charge in [0.25, 0.3) is 5.91 Å². The van der Waals surface area contributed by atoms with Gasteiger partial charge < -0.3 is 14.2 Å². The molecule has 2 amide bonds. The molecule has 4 heterocycles. The average molecular weight is 471 g/mol. The highest BCUT2D eigenvalue weighted by Crippen LogP contribution is 2.44. The molecule has 6 rings (SSSR count). The molecule has 5 nitrogen and oxygen atoms in total. The Morgan fingerprint density at radius 1 is 0.943 bits per heavy atom. The van der Waals surface area contributed by atoms with E-state index in [2.05, 4.69) is 30.0 Å². The molecule has 3 aromatic rings. The van der Waals surface area contributed by atoms with Gasteiger partial charge in [0.05, 0.1) is 6.26 Å². The molecular formula is C30H34N2O3. The van der Waals surface area contributed by atoms with Crippen LogP contribution in [-0.4, -0.2) is 46.8 Å². The summed E-state index contributed by atoms with van der Waals surface area (Å²) < 4.78 is 5.60. The van der Waals surface area contributed by atoms with E-state index >= 15 is 0 Å². The summed E-state index contributed by atoms with van der Waals surface area (Å²) in [7, 11) is 0. The van der Waals surface area contributed by atoms with E-state index in [1.165, 1.54) is 10.9 Å². The smallest absolute Gasteiger partial charge is 0.253 e. The average Bonchev–Trinajstić information content (AvgIpc) is 3.47. The summed E-state index contributed by atoms with van der Waals surface area (Å²) in [5.74, 6) is 1.01. The van der Waals surface area contributed by atoms with Gasteiger partial charge in [0.15, 0.2) is 0 Å². The maximum Gasteiger partial charge on any atom is 0.253 e. The van der Waals surface area contributed by atoms with E-state index in [1.54, 1.807) is 6.26 Å². The summed E-state index contributed by atoms with van der Waals surface area (Å²) in [6.45, 7) is 3.43. The zero-order valence-electron chi connectivity index (χ0n) is 20.5. The number of furan rings is 1. The van der Waals surface area contributed by atoms with Crippen molar-refractivity contribution in [1.82, 2.24) is 9.80 Å². The summed E-state index contributed by atoms with van der Waals surface area (Å²) in [5, 5.41) is 1.22. The molecule has 2 aromatic carbocycles. The minimum absolute atomic E-state index is 0.0774. The molecular weight excluding hydrogens is 436 g/mol. The fraction of sp³-hybridized carbons (Fsp3) is 0.467. The van der Waals surface area contributed by atoms with Gasteiger partial charge in [0.2, 0.25) is 5.91 Å². The van der Waals surface area contributed by atoms with Crippen molar-refractivity contribution in [3.8, 4) is 0 Å². The third-order valence-electron chi connectivity index (χ3n) is 8.85. The molecule has 0 aliphatic carbocycles. The molecule has 0 radical (unpaired) electrons. The van der Waals surface area contributed by atoms with Crippen molar-refractivity contribution in [2.45, 2.75) is 64.0 Å². The van der Waals surface area contributed by atoms with Gasteiger partial charge in [-0.05, 0) is 80.7 Å². The highest BCUT2D eigenvalue weighted by atomic mass is 16.3. The molecule has 3 aliphatic rings. The van der Waals surface area contributed by atoms with E-state index in [0.29, 0.717) is 37.0 Å². The van der Waals surface area contributed by atoms with Crippen LogP contribution in [0.15, 0.2) is 65.3 Å². The summed E-state index contributed by atoms with van der Waals surface area (Å²) in [6, 6.07) is 18.6. The van der Waals surface area contributed by atoms with Crippen molar-refractivity contribution in [1.29, 1.82) is 0 Å². The number of likely N-dealkylation sites (tertiary alicyclic amines) is 1. The highest BCUT2D eigenvalue weighted by Gasteiger charge is 2.49. The van der Waals surface area contributed by atoms with Crippen molar-refractivity contribution in [3.05, 3.63) is 72.0 Å². The van der Waals surface area contributed by atoms with E-state index in [9.17, 15) is 9.59 Å². The second-order valence-electron chi connectivity index (χ2n) is 11.1. The summed E-state index contributed by atoms with van der Waals surface area (Å²) in [6.07, 6.45) is 8.74. The zero-order chi connectivity index (χ0) is 24.0. The molecule has 0 N–H and O–H groups in total. The van der Waals surface area contributed by atoms with Crippen LogP contribution < -0.4 is 0 Å². The highest BCUT2D eigenvalue weighted by molar-refractivity contribution is 5.94. The Bertz CT molecular complexity index is 1210. The quantitative estimate of drug-likeness (QED) is 0.492. The normalized spacial score (nSPS) is 25.7. The first-order valence-corrected chi connectivity index (χ1v) is 13.1. The number of hydrogen-bond donors (Lipinski definition) is 0. The molecule has 2 bridgehead atoms. The molecule has 0 saturated carbocycles. The predicted octanol–water partition coefficient (Wildman–Crippen LogP) is 5.69. The standard InChI is InChI=1S/C30H34N2O3/c1-30(13-15-31(16-14-30)28(33)22-6-3-2-4-7-22)29(34)32-24-10-11-25(32)20-21(19-24)18-23-8-5-9-27-26(23)12-17-35-27/h2-9,12,17,21,24-25H,10-11,13-16,18-20H2,1H3. The van der Waals surface area contributed by atoms with Gasteiger partial charge in [0.1, 0.15) is 5.58 Å². The molecule has 3 aliphatic heterocycles. The molecule has 182 valence electrons. The number of carbonyl (C=O) groups is 2. The van der Waals surface area contributed by atoms with Gasteiger partial charge in [-0.25, -0.2) is 0 Å². The van der Waals surface area contributed by atoms with Crippen LogP contribution in [0.4, 0.5) is 0 Å². The van der Waals surface area contributed by atoms with E-state index in [-0.39, 0.29) is 11.3 Å². The van der Waals surface area contributed by atoms with Crippen LogP contribution in [0.5, 0.6) is 0 Å². The monoisotopic (exact) mass is 470 g/mol. The number of fused-ring (bicyclic) bond motifs is 3. The lowest BCUT2D eigenvalue weighted by Gasteiger charge is -2.46. The lowest BCUT2D eigenvalue weighted by molar-refractivity contribution is -0.149. The van der Waals surface area contributed by atoms with Crippen LogP contribution in [-0.2, 0) is 11.2 Å². The maximum atomic E-state index is 13.9. The molecule has 3 saturated heterocycles. The third-order valence-corrected chi connectivity index (χ3v) is 8.85. The lowest BCUT2D eigenvalue weighted by Crippen LogP contribution is -2.55. The molecule has 1 aromatic heterocycles. The first kappa shape index (κ1) is 22.4. The number of benzene rings is 2. The van der Waals surface area contributed by atoms with Crippen molar-refractivity contribution >= 4 is 22.8 Å². The first-order valence-electron chi connectivity index (χ1n) is 13.1. The molecule has 3 fully saturated rings. The predicted molar refractivity (Wildman–Crippen MR) is 136 cm³/mol. The van der Waals surface area contributed by atoms with Crippen molar-refractivity contribution in [2.24, 2.45) is 11.3 Å². The van der Waals surface area contributed by atoms with Crippen molar-refractivity contribution in [2.75, 3.05) is 13.1 Å². The van der Waals surface area contributed by atoms with Crippen LogP contribution in [0.2, 0.25) is 0 Å².